The first-order chi connectivity index (χ1) is 9.47. The fraction of sp³-hybridized carbons (Fsp3) is 0.471. The fourth-order valence-electron chi connectivity index (χ4n) is 2.72. The zero-order valence-corrected chi connectivity index (χ0v) is 14.6. The van der Waals surface area contributed by atoms with Gasteiger partial charge in [0.15, 0.2) is 0 Å². The number of aryl methyl sites for hydroxylation is 2. The highest BCUT2D eigenvalue weighted by molar-refractivity contribution is 9.10. The highest BCUT2D eigenvalue weighted by atomic mass is 79.9. The predicted molar refractivity (Wildman–Crippen MR) is 91.8 cm³/mol. The van der Waals surface area contributed by atoms with Crippen LogP contribution < -0.4 is 5.32 Å². The molecule has 2 aromatic rings. The number of hydrogen-bond donors (Lipinski definition) is 1. The lowest BCUT2D eigenvalue weighted by Gasteiger charge is -2.20. The molecule has 1 N–H and O–H groups in total. The van der Waals surface area contributed by atoms with Gasteiger partial charge in [-0.1, -0.05) is 36.7 Å². The molecule has 0 saturated carbocycles. The number of hydrogen-bond acceptors (Lipinski definition) is 2. The van der Waals surface area contributed by atoms with Gasteiger partial charge in [-0.3, -0.25) is 4.98 Å². The summed E-state index contributed by atoms with van der Waals surface area (Å²) in [6.07, 6.45) is 1.12. The molecule has 0 unspecified atom stereocenters. The van der Waals surface area contributed by atoms with Crippen LogP contribution in [0.2, 0.25) is 0 Å². The van der Waals surface area contributed by atoms with E-state index in [1.807, 2.05) is 0 Å². The van der Waals surface area contributed by atoms with Gasteiger partial charge in [-0.2, -0.15) is 0 Å². The van der Waals surface area contributed by atoms with Gasteiger partial charge in [0.05, 0.1) is 5.52 Å². The van der Waals surface area contributed by atoms with E-state index in [-0.39, 0.29) is 0 Å². The van der Waals surface area contributed by atoms with E-state index in [1.54, 1.807) is 0 Å². The molecule has 0 fully saturated rings. The molecule has 1 aromatic carbocycles. The molecule has 20 heavy (non-hydrogen) atoms. The Morgan fingerprint density at radius 1 is 1.25 bits per heavy atom. The third kappa shape index (κ3) is 2.69. The number of aromatic nitrogens is 1. The molecular weight excluding hydrogens is 312 g/mol. The predicted octanol–water partition coefficient (Wildman–Crippen LogP) is 5.56. The lowest BCUT2D eigenvalue weighted by Crippen LogP contribution is -2.08. The van der Waals surface area contributed by atoms with E-state index < -0.39 is 0 Å². The Bertz CT molecular complexity index is 633. The summed E-state index contributed by atoms with van der Waals surface area (Å²) in [7, 11) is 0. The largest absolute Gasteiger partial charge is 0.384 e. The van der Waals surface area contributed by atoms with Crippen LogP contribution in [0.15, 0.2) is 16.6 Å². The maximum atomic E-state index is 4.86. The summed E-state index contributed by atoms with van der Waals surface area (Å²) in [5, 5.41) is 4.85. The van der Waals surface area contributed by atoms with Crippen molar-refractivity contribution in [3.8, 4) is 0 Å². The molecule has 2 nitrogen and oxygen atoms in total. The van der Waals surface area contributed by atoms with Gasteiger partial charge < -0.3 is 5.32 Å². The number of pyridine rings is 1. The lowest BCUT2D eigenvalue weighted by atomic mass is 9.95. The molecule has 0 radical (unpaired) electrons. The molecule has 0 aliphatic rings. The molecule has 0 amide bonds. The number of nitrogens with one attached hydrogen (secondary N) is 1. The minimum Gasteiger partial charge on any atom is -0.384 e. The summed E-state index contributed by atoms with van der Waals surface area (Å²) in [6, 6.07) is 4.29. The number of nitrogens with zero attached hydrogens (tertiary/aromatic N) is 1. The van der Waals surface area contributed by atoms with Gasteiger partial charge in [0.2, 0.25) is 0 Å². The highest BCUT2D eigenvalue weighted by Gasteiger charge is 2.16. The fourth-order valence-corrected chi connectivity index (χ4v) is 3.04. The zero-order chi connectivity index (χ0) is 14.9. The summed E-state index contributed by atoms with van der Waals surface area (Å²) >= 11 is 3.61. The van der Waals surface area contributed by atoms with Crippen LogP contribution in [0, 0.1) is 13.8 Å². The molecule has 1 heterocycles. The minimum atomic E-state index is 0.468. The molecule has 0 bridgehead atoms. The molecule has 2 rings (SSSR count). The van der Waals surface area contributed by atoms with Gasteiger partial charge in [0.25, 0.3) is 0 Å². The van der Waals surface area contributed by atoms with E-state index in [0.29, 0.717) is 5.92 Å². The lowest BCUT2D eigenvalue weighted by molar-refractivity contribution is 0.844. The summed E-state index contributed by atoms with van der Waals surface area (Å²) in [4.78, 5) is 4.86. The van der Waals surface area contributed by atoms with E-state index in [0.717, 1.165) is 28.6 Å². The number of benzene rings is 1. The van der Waals surface area contributed by atoms with E-state index in [4.69, 9.17) is 4.98 Å². The smallest absolute Gasteiger partial charge is 0.0766 e. The molecule has 0 aliphatic heterocycles. The second kappa shape index (κ2) is 6.13. The number of anilines is 1. The van der Waals surface area contributed by atoms with E-state index in [2.05, 4.69) is 68.0 Å². The topological polar surface area (TPSA) is 24.9 Å². The second-order valence-corrected chi connectivity index (χ2v) is 6.49. The Morgan fingerprint density at radius 3 is 2.55 bits per heavy atom. The summed E-state index contributed by atoms with van der Waals surface area (Å²) in [6.45, 7) is 11.9. The standard InChI is InChI=1S/C17H23BrN2/c1-6-9-19-17-13-7-8-14(18)11(4)16(13)20-12(5)15(17)10(2)3/h7-8,10H,6,9H2,1-5H3,(H,19,20). The quantitative estimate of drug-likeness (QED) is 0.791. The Hall–Kier alpha value is -1.09. The first-order valence-corrected chi connectivity index (χ1v) is 8.09. The van der Waals surface area contributed by atoms with Crippen molar-refractivity contribution < 1.29 is 0 Å². The van der Waals surface area contributed by atoms with Crippen molar-refractivity contribution in [1.82, 2.24) is 4.98 Å². The van der Waals surface area contributed by atoms with Crippen LogP contribution >= 0.6 is 15.9 Å². The molecular formula is C17H23BrN2. The van der Waals surface area contributed by atoms with Crippen LogP contribution in [0.3, 0.4) is 0 Å². The summed E-state index contributed by atoms with van der Waals surface area (Å²) < 4.78 is 1.12. The molecule has 0 saturated heterocycles. The molecule has 108 valence electrons. The van der Waals surface area contributed by atoms with Crippen molar-refractivity contribution in [3.05, 3.63) is 33.4 Å². The van der Waals surface area contributed by atoms with Crippen molar-refractivity contribution in [2.75, 3.05) is 11.9 Å². The maximum absolute atomic E-state index is 4.86. The Balaban J connectivity index is 2.79. The van der Waals surface area contributed by atoms with Crippen LogP contribution in [-0.2, 0) is 0 Å². The number of rotatable bonds is 4. The molecule has 0 aliphatic carbocycles. The Labute approximate surface area is 130 Å². The van der Waals surface area contributed by atoms with Crippen molar-refractivity contribution in [2.24, 2.45) is 0 Å². The van der Waals surface area contributed by atoms with Crippen molar-refractivity contribution in [3.63, 3.8) is 0 Å². The molecule has 0 spiro atoms. The molecule has 3 heteroatoms. The first kappa shape index (κ1) is 15.3. The third-order valence-electron chi connectivity index (χ3n) is 3.70. The van der Waals surface area contributed by atoms with Crippen LogP contribution in [0.4, 0.5) is 5.69 Å². The van der Waals surface area contributed by atoms with E-state index in [1.165, 1.54) is 22.2 Å². The number of fused-ring (bicyclic) bond motifs is 1. The van der Waals surface area contributed by atoms with Gasteiger partial charge in [0.1, 0.15) is 0 Å². The average molecular weight is 335 g/mol. The van der Waals surface area contributed by atoms with Crippen LogP contribution in [0.1, 0.15) is 49.9 Å². The van der Waals surface area contributed by atoms with Crippen molar-refractivity contribution >= 4 is 32.5 Å². The highest BCUT2D eigenvalue weighted by Crippen LogP contribution is 2.36. The van der Waals surface area contributed by atoms with Gasteiger partial charge in [0, 0.05) is 27.8 Å². The minimum absolute atomic E-state index is 0.468. The van der Waals surface area contributed by atoms with Crippen molar-refractivity contribution in [1.29, 1.82) is 0 Å². The van der Waals surface area contributed by atoms with E-state index >= 15 is 0 Å². The monoisotopic (exact) mass is 334 g/mol. The second-order valence-electron chi connectivity index (χ2n) is 5.64. The van der Waals surface area contributed by atoms with Gasteiger partial charge in [-0.25, -0.2) is 0 Å². The van der Waals surface area contributed by atoms with E-state index in [9.17, 15) is 0 Å². The Morgan fingerprint density at radius 2 is 1.95 bits per heavy atom. The number of halogens is 1. The Kier molecular flexibility index (Phi) is 4.69. The average Bonchev–Trinajstić information content (AvgIpc) is 2.40. The van der Waals surface area contributed by atoms with Crippen molar-refractivity contribution in [2.45, 2.75) is 47.0 Å². The van der Waals surface area contributed by atoms with Gasteiger partial charge >= 0.3 is 0 Å². The van der Waals surface area contributed by atoms with Gasteiger partial charge in [-0.05, 0) is 49.4 Å². The summed E-state index contributed by atoms with van der Waals surface area (Å²) in [5.41, 5.74) is 6.04. The summed E-state index contributed by atoms with van der Waals surface area (Å²) in [5.74, 6) is 0.468. The zero-order valence-electron chi connectivity index (χ0n) is 13.0. The maximum Gasteiger partial charge on any atom is 0.0766 e. The van der Waals surface area contributed by atoms with Crippen LogP contribution in [0.5, 0.6) is 0 Å². The normalized spacial score (nSPS) is 11.3. The van der Waals surface area contributed by atoms with Gasteiger partial charge in [-0.15, -0.1) is 0 Å². The first-order valence-electron chi connectivity index (χ1n) is 7.30. The van der Waals surface area contributed by atoms with Crippen LogP contribution in [-0.4, -0.2) is 11.5 Å². The third-order valence-corrected chi connectivity index (χ3v) is 4.56. The SMILES string of the molecule is CCCNc1c(C(C)C)c(C)nc2c(C)c(Br)ccc12. The molecule has 0 atom stereocenters. The van der Waals surface area contributed by atoms with Crippen LogP contribution in [0.25, 0.3) is 10.9 Å². The molecule has 1 aromatic heterocycles.